The lowest BCUT2D eigenvalue weighted by atomic mass is 10.3. The predicted octanol–water partition coefficient (Wildman–Crippen LogP) is 0.902. The molecule has 1 aliphatic rings. The Morgan fingerprint density at radius 2 is 2.40 bits per heavy atom. The lowest BCUT2D eigenvalue weighted by Crippen LogP contribution is -2.30. The van der Waals surface area contributed by atoms with Crippen LogP contribution in [0.5, 0.6) is 0 Å². The molecule has 2 N–H and O–H groups in total. The molecule has 0 amide bonds. The van der Waals surface area contributed by atoms with E-state index >= 15 is 0 Å². The van der Waals surface area contributed by atoms with E-state index in [0.717, 1.165) is 37.1 Å². The number of nitrogens with zero attached hydrogens (tertiary/aromatic N) is 2. The number of rotatable bonds is 6. The number of hydrogen-bond donors (Lipinski definition) is 2. The van der Waals surface area contributed by atoms with Gasteiger partial charge in [-0.25, -0.2) is 0 Å². The maximum Gasteiger partial charge on any atom is 0.0764 e. The van der Waals surface area contributed by atoms with E-state index < -0.39 is 0 Å². The summed E-state index contributed by atoms with van der Waals surface area (Å²) < 4.78 is 0. The topological polar surface area (TPSA) is 44.0 Å². The highest BCUT2D eigenvalue weighted by atomic mass is 15.2. The molecule has 0 bridgehead atoms. The maximum absolute atomic E-state index is 4.22. The Hall–Kier alpha value is -0.870. The Kier molecular flexibility index (Phi) is 3.38. The summed E-state index contributed by atoms with van der Waals surface area (Å²) in [6.07, 6.45) is 2.73. The minimum atomic E-state index is 0.811. The molecule has 1 aromatic rings. The minimum absolute atomic E-state index is 0.811. The highest BCUT2D eigenvalue weighted by Gasteiger charge is 2.19. The van der Waals surface area contributed by atoms with Gasteiger partial charge in [0.25, 0.3) is 0 Å². The van der Waals surface area contributed by atoms with Crippen LogP contribution in [0.25, 0.3) is 0 Å². The fourth-order valence-corrected chi connectivity index (χ4v) is 1.66. The van der Waals surface area contributed by atoms with Crippen molar-refractivity contribution in [2.24, 2.45) is 0 Å². The molecule has 15 heavy (non-hydrogen) atoms. The predicted molar refractivity (Wildman–Crippen MR) is 60.7 cm³/mol. The monoisotopic (exact) mass is 208 g/mol. The molecular formula is C11H20N4. The lowest BCUT2D eigenvalue weighted by Gasteiger charge is -2.15. The summed E-state index contributed by atoms with van der Waals surface area (Å²) in [4.78, 5) is 2.30. The SMILES string of the molecule is Cc1cc(CN(C)CCNC2CC2)n[nH]1. The number of aromatic amines is 1. The molecule has 1 heterocycles. The van der Waals surface area contributed by atoms with Gasteiger partial charge in [-0.15, -0.1) is 0 Å². The summed E-state index contributed by atoms with van der Waals surface area (Å²) in [6, 6.07) is 2.91. The number of likely N-dealkylation sites (N-methyl/N-ethyl adjacent to an activating group) is 1. The van der Waals surface area contributed by atoms with E-state index in [9.17, 15) is 0 Å². The number of H-pyrrole nitrogens is 1. The van der Waals surface area contributed by atoms with Crippen LogP contribution in [0, 0.1) is 6.92 Å². The average molecular weight is 208 g/mol. The normalized spacial score (nSPS) is 16.2. The fraction of sp³-hybridized carbons (Fsp3) is 0.727. The van der Waals surface area contributed by atoms with Crippen molar-refractivity contribution in [3.63, 3.8) is 0 Å². The first-order valence-electron chi connectivity index (χ1n) is 5.67. The third kappa shape index (κ3) is 3.64. The smallest absolute Gasteiger partial charge is 0.0764 e. The molecular weight excluding hydrogens is 188 g/mol. The Bertz CT molecular complexity index is 303. The van der Waals surface area contributed by atoms with E-state index in [1.165, 1.54) is 12.8 Å². The van der Waals surface area contributed by atoms with E-state index in [1.807, 2.05) is 6.92 Å². The van der Waals surface area contributed by atoms with Crippen LogP contribution in [0.3, 0.4) is 0 Å². The van der Waals surface area contributed by atoms with Gasteiger partial charge in [-0.2, -0.15) is 5.10 Å². The van der Waals surface area contributed by atoms with Crippen molar-refractivity contribution in [1.82, 2.24) is 20.4 Å². The molecule has 0 radical (unpaired) electrons. The van der Waals surface area contributed by atoms with Gasteiger partial charge in [0.1, 0.15) is 0 Å². The third-order valence-electron chi connectivity index (χ3n) is 2.69. The van der Waals surface area contributed by atoms with E-state index in [0.29, 0.717) is 0 Å². The standard InChI is InChI=1S/C11H20N4/c1-9-7-11(14-13-9)8-15(2)6-5-12-10-3-4-10/h7,10,12H,3-6,8H2,1-2H3,(H,13,14). The molecule has 0 unspecified atom stereocenters. The molecule has 4 heteroatoms. The molecule has 2 rings (SSSR count). The molecule has 4 nitrogen and oxygen atoms in total. The zero-order valence-corrected chi connectivity index (χ0v) is 9.58. The van der Waals surface area contributed by atoms with Gasteiger partial charge >= 0.3 is 0 Å². The van der Waals surface area contributed by atoms with Gasteiger partial charge in [0.15, 0.2) is 0 Å². The second kappa shape index (κ2) is 4.77. The van der Waals surface area contributed by atoms with E-state index in [4.69, 9.17) is 0 Å². The van der Waals surface area contributed by atoms with Crippen LogP contribution < -0.4 is 5.32 Å². The van der Waals surface area contributed by atoms with Crippen molar-refractivity contribution >= 4 is 0 Å². The van der Waals surface area contributed by atoms with E-state index in [-0.39, 0.29) is 0 Å². The number of aromatic nitrogens is 2. The Morgan fingerprint density at radius 1 is 1.60 bits per heavy atom. The molecule has 1 aromatic heterocycles. The number of hydrogen-bond acceptors (Lipinski definition) is 3. The molecule has 84 valence electrons. The van der Waals surface area contributed by atoms with Gasteiger partial charge in [0.05, 0.1) is 5.69 Å². The van der Waals surface area contributed by atoms with Crippen LogP contribution in [0.1, 0.15) is 24.2 Å². The Balaban J connectivity index is 1.64. The van der Waals surface area contributed by atoms with Crippen LogP contribution in [-0.4, -0.2) is 41.3 Å². The highest BCUT2D eigenvalue weighted by Crippen LogP contribution is 2.17. The number of nitrogens with one attached hydrogen (secondary N) is 2. The van der Waals surface area contributed by atoms with Crippen LogP contribution in [0.4, 0.5) is 0 Å². The molecule has 0 atom stereocenters. The van der Waals surface area contributed by atoms with Crippen molar-refractivity contribution in [3.05, 3.63) is 17.5 Å². The van der Waals surface area contributed by atoms with Crippen LogP contribution in [-0.2, 0) is 6.54 Å². The second-order valence-corrected chi connectivity index (χ2v) is 4.51. The van der Waals surface area contributed by atoms with Gasteiger partial charge in [0.2, 0.25) is 0 Å². The number of aryl methyl sites for hydroxylation is 1. The minimum Gasteiger partial charge on any atom is -0.313 e. The Labute approximate surface area is 91.1 Å². The average Bonchev–Trinajstić information content (AvgIpc) is 2.91. The van der Waals surface area contributed by atoms with Gasteiger partial charge in [-0.1, -0.05) is 0 Å². The summed E-state index contributed by atoms with van der Waals surface area (Å²) in [5.41, 5.74) is 2.26. The van der Waals surface area contributed by atoms with Crippen LogP contribution >= 0.6 is 0 Å². The second-order valence-electron chi connectivity index (χ2n) is 4.51. The molecule has 1 aliphatic carbocycles. The fourth-order valence-electron chi connectivity index (χ4n) is 1.66. The van der Waals surface area contributed by atoms with Gasteiger partial charge < -0.3 is 5.32 Å². The van der Waals surface area contributed by atoms with E-state index in [2.05, 4.69) is 33.5 Å². The first-order chi connectivity index (χ1) is 7.24. The van der Waals surface area contributed by atoms with Gasteiger partial charge in [-0.05, 0) is 32.9 Å². The first kappa shape index (κ1) is 10.6. The summed E-state index contributed by atoms with van der Waals surface area (Å²) >= 11 is 0. The van der Waals surface area contributed by atoms with Crippen molar-refractivity contribution in [2.75, 3.05) is 20.1 Å². The maximum atomic E-state index is 4.22. The van der Waals surface area contributed by atoms with Gasteiger partial charge in [-0.3, -0.25) is 10.00 Å². The molecule has 0 spiro atoms. The quantitative estimate of drug-likeness (QED) is 0.730. The van der Waals surface area contributed by atoms with Crippen LogP contribution in [0.15, 0.2) is 6.07 Å². The largest absolute Gasteiger partial charge is 0.313 e. The summed E-state index contributed by atoms with van der Waals surface area (Å²) in [5.74, 6) is 0. The summed E-state index contributed by atoms with van der Waals surface area (Å²) in [5, 5.41) is 10.7. The highest BCUT2D eigenvalue weighted by molar-refractivity contribution is 5.06. The molecule has 1 fully saturated rings. The van der Waals surface area contributed by atoms with Gasteiger partial charge in [0, 0.05) is 31.4 Å². The molecule has 0 aliphatic heterocycles. The summed E-state index contributed by atoms with van der Waals surface area (Å²) in [7, 11) is 2.14. The van der Waals surface area contributed by atoms with Crippen molar-refractivity contribution in [3.8, 4) is 0 Å². The molecule has 0 saturated heterocycles. The molecule has 0 aromatic carbocycles. The van der Waals surface area contributed by atoms with Crippen LogP contribution in [0.2, 0.25) is 0 Å². The zero-order chi connectivity index (χ0) is 10.7. The Morgan fingerprint density at radius 3 is 3.00 bits per heavy atom. The van der Waals surface area contributed by atoms with E-state index in [1.54, 1.807) is 0 Å². The third-order valence-corrected chi connectivity index (χ3v) is 2.69. The molecule has 1 saturated carbocycles. The van der Waals surface area contributed by atoms with Crippen molar-refractivity contribution < 1.29 is 0 Å². The van der Waals surface area contributed by atoms with Crippen molar-refractivity contribution in [1.29, 1.82) is 0 Å². The zero-order valence-electron chi connectivity index (χ0n) is 9.58. The first-order valence-corrected chi connectivity index (χ1v) is 5.67. The van der Waals surface area contributed by atoms with Crippen molar-refractivity contribution in [2.45, 2.75) is 32.4 Å². The lowest BCUT2D eigenvalue weighted by molar-refractivity contribution is 0.320. The summed E-state index contributed by atoms with van der Waals surface area (Å²) in [6.45, 7) is 5.13.